The second kappa shape index (κ2) is 4.30. The maximum Gasteiger partial charge on any atom is 0.423 e. The minimum atomic E-state index is -7.40. The summed E-state index contributed by atoms with van der Waals surface area (Å²) in [6.07, 6.45) is -21.8. The summed E-state index contributed by atoms with van der Waals surface area (Å²) in [4.78, 5) is 0. The molecule has 0 N–H and O–H groups in total. The van der Waals surface area contributed by atoms with Gasteiger partial charge >= 0.3 is 12.4 Å². The molecular formula is C6F13-. The van der Waals surface area contributed by atoms with Crippen molar-refractivity contribution in [1.29, 1.82) is 0 Å². The molecule has 0 atom stereocenters. The summed E-state index contributed by atoms with van der Waals surface area (Å²) in [7, 11) is 0. The predicted octanol–water partition coefficient (Wildman–Crippen LogP) is 4.52. The minimum Gasteiger partial charge on any atom is -0.233 e. The molecule has 0 aromatic rings. The van der Waals surface area contributed by atoms with Crippen LogP contribution in [-0.4, -0.2) is 30.4 Å². The van der Waals surface area contributed by atoms with Gasteiger partial charge < -0.3 is 0 Å². The quantitative estimate of drug-likeness (QED) is 0.519. The highest BCUT2D eigenvalue weighted by atomic mass is 19.4. The molecule has 116 valence electrons. The highest BCUT2D eigenvalue weighted by Gasteiger charge is 2.72. The third kappa shape index (κ3) is 3.16. The van der Waals surface area contributed by atoms with Gasteiger partial charge in [0.25, 0.3) is 6.18 Å². The first-order valence-electron chi connectivity index (χ1n) is 3.71. The van der Waals surface area contributed by atoms with Gasteiger partial charge in [0, 0.05) is 0 Å². The summed E-state index contributed by atoms with van der Waals surface area (Å²) in [6.45, 7) is 0. The zero-order chi connectivity index (χ0) is 16.1. The third-order valence-corrected chi connectivity index (χ3v) is 1.62. The van der Waals surface area contributed by atoms with Gasteiger partial charge in [-0.1, -0.05) is 5.92 Å². The molecule has 0 heterocycles. The first-order valence-corrected chi connectivity index (χ1v) is 3.71. The topological polar surface area (TPSA) is 0 Å². The van der Waals surface area contributed by atoms with Crippen LogP contribution < -0.4 is 0 Å². The van der Waals surface area contributed by atoms with Gasteiger partial charge in [-0.25, -0.2) is 30.7 Å². The Morgan fingerprint density at radius 3 is 0.737 bits per heavy atom. The van der Waals surface area contributed by atoms with Crippen molar-refractivity contribution in [3.63, 3.8) is 0 Å². The van der Waals surface area contributed by atoms with Gasteiger partial charge in [0.1, 0.15) is 0 Å². The Balaban J connectivity index is 6.05. The van der Waals surface area contributed by atoms with Crippen LogP contribution in [0.1, 0.15) is 0 Å². The molecule has 0 rings (SSSR count). The van der Waals surface area contributed by atoms with Crippen LogP contribution in [0.5, 0.6) is 0 Å². The fourth-order valence-corrected chi connectivity index (χ4v) is 0.837. The number of hydrogen-bond acceptors (Lipinski definition) is 0. The lowest BCUT2D eigenvalue weighted by Crippen LogP contribution is -2.60. The summed E-state index contributed by atoms with van der Waals surface area (Å²) in [6, 6.07) is 0. The van der Waals surface area contributed by atoms with E-state index in [1.807, 2.05) is 0 Å². The van der Waals surface area contributed by atoms with Crippen molar-refractivity contribution in [2.45, 2.75) is 30.4 Å². The van der Waals surface area contributed by atoms with Crippen LogP contribution in [0, 0.1) is 5.92 Å². The smallest absolute Gasteiger partial charge is 0.233 e. The van der Waals surface area contributed by atoms with Crippen LogP contribution in [0.3, 0.4) is 0 Å². The summed E-state index contributed by atoms with van der Waals surface area (Å²) in [5.74, 6) is -20.0. The first-order chi connectivity index (χ1) is 7.87. The van der Waals surface area contributed by atoms with Gasteiger partial charge in [-0.3, -0.25) is 0 Å². The second-order valence-corrected chi connectivity index (χ2v) is 3.02. The number of rotatable bonds is 2. The van der Waals surface area contributed by atoms with Crippen LogP contribution in [-0.2, 0) is 0 Å². The SMILES string of the molecule is FC(F)(F)[C-](C(F)(F)C(F)(F)F)C(F)(F)C(F)(F)F. The van der Waals surface area contributed by atoms with E-state index in [4.69, 9.17) is 0 Å². The van der Waals surface area contributed by atoms with Crippen molar-refractivity contribution < 1.29 is 57.1 Å². The largest absolute Gasteiger partial charge is 0.423 e. The molecule has 0 amide bonds. The van der Waals surface area contributed by atoms with Crippen molar-refractivity contribution >= 4 is 0 Å². The summed E-state index contributed by atoms with van der Waals surface area (Å²) in [5.41, 5.74) is 0. The van der Waals surface area contributed by atoms with E-state index in [-0.39, 0.29) is 0 Å². The zero-order valence-electron chi connectivity index (χ0n) is 7.91. The molecule has 0 nitrogen and oxygen atoms in total. The Kier molecular flexibility index (Phi) is 4.09. The van der Waals surface area contributed by atoms with Crippen LogP contribution in [0.2, 0.25) is 0 Å². The summed E-state index contributed by atoms with van der Waals surface area (Å²) < 4.78 is 154. The Morgan fingerprint density at radius 2 is 0.632 bits per heavy atom. The summed E-state index contributed by atoms with van der Waals surface area (Å²) in [5, 5.41) is 0. The van der Waals surface area contributed by atoms with Gasteiger partial charge in [-0.15, -0.1) is 0 Å². The Hall–Kier alpha value is -0.910. The van der Waals surface area contributed by atoms with Crippen LogP contribution >= 0.6 is 0 Å². The van der Waals surface area contributed by atoms with E-state index in [0.29, 0.717) is 0 Å². The lowest BCUT2D eigenvalue weighted by Gasteiger charge is -2.46. The number of hydrogen-bond donors (Lipinski definition) is 0. The van der Waals surface area contributed by atoms with E-state index < -0.39 is 36.3 Å². The fraction of sp³-hybridized carbons (Fsp3) is 0.833. The zero-order valence-corrected chi connectivity index (χ0v) is 7.91. The molecule has 0 aromatic carbocycles. The fourth-order valence-electron chi connectivity index (χ4n) is 0.837. The highest BCUT2D eigenvalue weighted by molar-refractivity contribution is 5.22. The van der Waals surface area contributed by atoms with Gasteiger partial charge in [-0.2, -0.15) is 26.3 Å². The lowest BCUT2D eigenvalue weighted by molar-refractivity contribution is -0.355. The first kappa shape index (κ1) is 18.1. The molecule has 19 heavy (non-hydrogen) atoms. The molecule has 0 aromatic heterocycles. The van der Waals surface area contributed by atoms with E-state index in [1.54, 1.807) is 0 Å². The molecule has 0 radical (unpaired) electrons. The standard InChI is InChI=1S/C6F13/c7-2(8,5(14,15)16)1(4(11,12)13)3(9,10)6(17,18)19/q-1. The van der Waals surface area contributed by atoms with E-state index in [1.165, 1.54) is 0 Å². The van der Waals surface area contributed by atoms with E-state index in [0.717, 1.165) is 0 Å². The molecule has 0 aliphatic carbocycles. The van der Waals surface area contributed by atoms with Gasteiger partial charge in [0.15, 0.2) is 0 Å². The Labute approximate surface area is 94.7 Å². The normalized spacial score (nSPS) is 16.1. The number of alkyl halides is 13. The van der Waals surface area contributed by atoms with Crippen LogP contribution in [0.15, 0.2) is 0 Å². The Morgan fingerprint density at radius 1 is 0.421 bits per heavy atom. The predicted molar refractivity (Wildman–Crippen MR) is 31.3 cm³/mol. The van der Waals surface area contributed by atoms with Crippen molar-refractivity contribution in [2.24, 2.45) is 0 Å². The Bertz CT molecular complexity index is 287. The number of halogens is 13. The average molecular weight is 319 g/mol. The molecule has 0 spiro atoms. The molecule has 0 fully saturated rings. The third-order valence-electron chi connectivity index (χ3n) is 1.62. The van der Waals surface area contributed by atoms with E-state index in [9.17, 15) is 57.1 Å². The van der Waals surface area contributed by atoms with E-state index in [2.05, 4.69) is 0 Å². The maximum absolute atomic E-state index is 12.3. The molecule has 0 bridgehead atoms. The van der Waals surface area contributed by atoms with Gasteiger partial charge in [-0.05, 0) is 0 Å². The molecule has 0 saturated heterocycles. The lowest BCUT2D eigenvalue weighted by atomic mass is 9.92. The summed E-state index contributed by atoms with van der Waals surface area (Å²) >= 11 is 0. The average Bonchev–Trinajstić information content (AvgIpc) is 1.93. The van der Waals surface area contributed by atoms with Crippen LogP contribution in [0.4, 0.5) is 57.1 Å². The van der Waals surface area contributed by atoms with Crippen molar-refractivity contribution in [3.8, 4) is 0 Å². The molecule has 0 aliphatic rings. The van der Waals surface area contributed by atoms with Crippen molar-refractivity contribution in [1.82, 2.24) is 0 Å². The highest BCUT2D eigenvalue weighted by Crippen LogP contribution is 2.59. The molecule has 0 saturated carbocycles. The molecular weight excluding hydrogens is 319 g/mol. The minimum absolute atomic E-state index is 5.23. The second-order valence-electron chi connectivity index (χ2n) is 3.02. The molecule has 13 heteroatoms. The molecule has 0 aliphatic heterocycles. The molecule has 0 unspecified atom stereocenters. The van der Waals surface area contributed by atoms with Crippen molar-refractivity contribution in [2.75, 3.05) is 0 Å². The van der Waals surface area contributed by atoms with Gasteiger partial charge in [0.2, 0.25) is 11.8 Å². The van der Waals surface area contributed by atoms with Gasteiger partial charge in [0.05, 0.1) is 0 Å². The van der Waals surface area contributed by atoms with Crippen LogP contribution in [0.25, 0.3) is 0 Å². The monoisotopic (exact) mass is 319 g/mol. The van der Waals surface area contributed by atoms with Crippen molar-refractivity contribution in [3.05, 3.63) is 5.92 Å². The maximum atomic E-state index is 12.3. The van der Waals surface area contributed by atoms with E-state index >= 15 is 0 Å².